The van der Waals surface area contributed by atoms with Crippen LogP contribution in [0.2, 0.25) is 5.02 Å². The van der Waals surface area contributed by atoms with Crippen molar-refractivity contribution in [2.24, 2.45) is 0 Å². The molecule has 120 valence electrons. The van der Waals surface area contributed by atoms with Gasteiger partial charge in [-0.25, -0.2) is 0 Å². The number of rotatable bonds is 4. The Bertz CT molecular complexity index is 714. The maximum Gasteiger partial charge on any atom is 0.433 e. The molecule has 1 aromatic carbocycles. The van der Waals surface area contributed by atoms with Gasteiger partial charge in [-0.3, -0.25) is 9.78 Å². The highest BCUT2D eigenvalue weighted by molar-refractivity contribution is 6.30. The molecule has 7 heteroatoms. The van der Waals surface area contributed by atoms with Gasteiger partial charge < -0.3 is 5.32 Å². The minimum absolute atomic E-state index is 0.399. The number of benzene rings is 1. The Morgan fingerprint density at radius 2 is 2.00 bits per heavy atom. The van der Waals surface area contributed by atoms with E-state index in [2.05, 4.69) is 16.9 Å². The molecule has 1 heterocycles. The molecule has 1 N–H and O–H groups in total. The number of amides is 1. The van der Waals surface area contributed by atoms with Gasteiger partial charge in [0.1, 0.15) is 5.69 Å². The Morgan fingerprint density at radius 1 is 1.26 bits per heavy atom. The SMILES string of the molecule is C=CC(=O)NC(c1ccc(C(F)(F)F)nc1)c1cccc(Cl)c1. The smallest absolute Gasteiger partial charge is 0.342 e. The first-order valence-corrected chi connectivity index (χ1v) is 6.90. The predicted molar refractivity (Wildman–Crippen MR) is 80.9 cm³/mol. The molecule has 1 amide bonds. The summed E-state index contributed by atoms with van der Waals surface area (Å²) in [7, 11) is 0. The first-order valence-electron chi connectivity index (χ1n) is 6.53. The fourth-order valence-corrected chi connectivity index (χ4v) is 2.19. The molecular formula is C16H12ClF3N2O. The molecule has 2 rings (SSSR count). The van der Waals surface area contributed by atoms with E-state index in [1.54, 1.807) is 24.3 Å². The van der Waals surface area contributed by atoms with Crippen molar-refractivity contribution < 1.29 is 18.0 Å². The number of halogens is 4. The standard InChI is InChI=1S/C16H12ClF3N2O/c1-2-14(23)22-15(10-4-3-5-12(17)8-10)11-6-7-13(21-9-11)16(18,19)20/h2-9,15H,1H2,(H,22,23). The predicted octanol–water partition coefficient (Wildman–Crippen LogP) is 4.15. The van der Waals surface area contributed by atoms with Crippen LogP contribution in [0.25, 0.3) is 0 Å². The second-order valence-corrected chi connectivity index (χ2v) is 5.11. The van der Waals surface area contributed by atoms with E-state index in [1.807, 2.05) is 0 Å². The van der Waals surface area contributed by atoms with Gasteiger partial charge >= 0.3 is 6.18 Å². The van der Waals surface area contributed by atoms with E-state index < -0.39 is 23.8 Å². The molecule has 0 saturated carbocycles. The van der Waals surface area contributed by atoms with Gasteiger partial charge in [0.2, 0.25) is 5.91 Å². The number of alkyl halides is 3. The fourth-order valence-electron chi connectivity index (χ4n) is 1.99. The zero-order chi connectivity index (χ0) is 17.0. The van der Waals surface area contributed by atoms with Crippen LogP contribution in [0, 0.1) is 0 Å². The first kappa shape index (κ1) is 17.0. The summed E-state index contributed by atoms with van der Waals surface area (Å²) in [5, 5.41) is 3.09. The van der Waals surface area contributed by atoms with Crippen molar-refractivity contribution in [2.45, 2.75) is 12.2 Å². The van der Waals surface area contributed by atoms with Crippen molar-refractivity contribution in [3.05, 3.63) is 77.1 Å². The monoisotopic (exact) mass is 340 g/mol. The summed E-state index contributed by atoms with van der Waals surface area (Å²) in [6.45, 7) is 3.36. The Balaban J connectivity index is 2.41. The minimum atomic E-state index is -4.52. The summed E-state index contributed by atoms with van der Waals surface area (Å²) < 4.78 is 37.8. The van der Waals surface area contributed by atoms with E-state index in [0.29, 0.717) is 16.1 Å². The Kier molecular flexibility index (Phi) is 5.05. The molecule has 0 fully saturated rings. The van der Waals surface area contributed by atoms with Crippen molar-refractivity contribution in [1.82, 2.24) is 10.3 Å². The van der Waals surface area contributed by atoms with E-state index >= 15 is 0 Å². The van der Waals surface area contributed by atoms with Crippen LogP contribution in [0.1, 0.15) is 22.9 Å². The molecule has 0 saturated heterocycles. The molecule has 3 nitrogen and oxygen atoms in total. The number of carbonyl (C=O) groups is 1. The molecule has 0 aliphatic rings. The van der Waals surface area contributed by atoms with Crippen LogP contribution < -0.4 is 5.32 Å². The van der Waals surface area contributed by atoms with Gasteiger partial charge in [0, 0.05) is 11.2 Å². The average molecular weight is 341 g/mol. The van der Waals surface area contributed by atoms with Gasteiger partial charge in [-0.2, -0.15) is 13.2 Å². The third-order valence-corrected chi connectivity index (χ3v) is 3.30. The van der Waals surface area contributed by atoms with Crippen LogP contribution in [-0.4, -0.2) is 10.9 Å². The van der Waals surface area contributed by atoms with Gasteiger partial charge in [0.05, 0.1) is 6.04 Å². The maximum absolute atomic E-state index is 12.6. The van der Waals surface area contributed by atoms with E-state index in [0.717, 1.165) is 18.3 Å². The number of pyridine rings is 1. The van der Waals surface area contributed by atoms with Gasteiger partial charge in [-0.05, 0) is 35.4 Å². The number of carbonyl (C=O) groups excluding carboxylic acids is 1. The van der Waals surface area contributed by atoms with Crippen LogP contribution in [-0.2, 0) is 11.0 Å². The number of hydrogen-bond donors (Lipinski definition) is 1. The van der Waals surface area contributed by atoms with E-state index in [-0.39, 0.29) is 0 Å². The van der Waals surface area contributed by atoms with Crippen molar-refractivity contribution in [3.63, 3.8) is 0 Å². The number of hydrogen-bond acceptors (Lipinski definition) is 2. The molecule has 1 unspecified atom stereocenters. The zero-order valence-electron chi connectivity index (χ0n) is 11.8. The van der Waals surface area contributed by atoms with Gasteiger partial charge in [0.15, 0.2) is 0 Å². The summed E-state index contributed by atoms with van der Waals surface area (Å²) in [5.74, 6) is -0.463. The molecule has 0 aliphatic carbocycles. The van der Waals surface area contributed by atoms with Crippen LogP contribution >= 0.6 is 11.6 Å². The highest BCUT2D eigenvalue weighted by atomic mass is 35.5. The fraction of sp³-hybridized carbons (Fsp3) is 0.125. The van der Waals surface area contributed by atoms with Crippen LogP contribution in [0.4, 0.5) is 13.2 Å². The van der Waals surface area contributed by atoms with E-state index in [4.69, 9.17) is 11.6 Å². The summed E-state index contributed by atoms with van der Waals surface area (Å²) in [4.78, 5) is 15.0. The van der Waals surface area contributed by atoms with Gasteiger partial charge in [0.25, 0.3) is 0 Å². The normalized spacial score (nSPS) is 12.5. The number of aromatic nitrogens is 1. The largest absolute Gasteiger partial charge is 0.433 e. The summed E-state index contributed by atoms with van der Waals surface area (Å²) in [6.07, 6.45) is -2.36. The van der Waals surface area contributed by atoms with Gasteiger partial charge in [-0.1, -0.05) is 36.4 Å². The Labute approximate surface area is 135 Å². The minimum Gasteiger partial charge on any atom is -0.342 e. The summed E-state index contributed by atoms with van der Waals surface area (Å²) >= 11 is 5.93. The Hall–Kier alpha value is -2.34. The third kappa shape index (κ3) is 4.32. The lowest BCUT2D eigenvalue weighted by atomic mass is 10.00. The molecule has 1 aromatic heterocycles. The lowest BCUT2D eigenvalue weighted by Crippen LogP contribution is -2.27. The van der Waals surface area contributed by atoms with Crippen molar-refractivity contribution in [1.29, 1.82) is 0 Å². The summed E-state index contributed by atoms with van der Waals surface area (Å²) in [6, 6.07) is 8.11. The van der Waals surface area contributed by atoms with Crippen molar-refractivity contribution in [2.75, 3.05) is 0 Å². The topological polar surface area (TPSA) is 42.0 Å². The average Bonchev–Trinajstić information content (AvgIpc) is 2.51. The second-order valence-electron chi connectivity index (χ2n) is 4.68. The third-order valence-electron chi connectivity index (χ3n) is 3.06. The van der Waals surface area contributed by atoms with Crippen molar-refractivity contribution in [3.8, 4) is 0 Å². The molecule has 0 spiro atoms. The number of nitrogens with zero attached hydrogens (tertiary/aromatic N) is 1. The molecule has 23 heavy (non-hydrogen) atoms. The molecule has 1 atom stereocenters. The number of nitrogens with one attached hydrogen (secondary N) is 1. The molecule has 0 radical (unpaired) electrons. The molecule has 0 aliphatic heterocycles. The maximum atomic E-state index is 12.6. The Morgan fingerprint density at radius 3 is 2.52 bits per heavy atom. The van der Waals surface area contributed by atoms with Crippen LogP contribution in [0.5, 0.6) is 0 Å². The highest BCUT2D eigenvalue weighted by Gasteiger charge is 2.32. The molecule has 0 bridgehead atoms. The van der Waals surface area contributed by atoms with Crippen molar-refractivity contribution >= 4 is 17.5 Å². The lowest BCUT2D eigenvalue weighted by molar-refractivity contribution is -0.141. The summed E-state index contributed by atoms with van der Waals surface area (Å²) in [5.41, 5.74) is 0.0193. The quantitative estimate of drug-likeness (QED) is 0.850. The zero-order valence-corrected chi connectivity index (χ0v) is 12.5. The first-order chi connectivity index (χ1) is 10.8. The van der Waals surface area contributed by atoms with E-state index in [1.165, 1.54) is 6.07 Å². The van der Waals surface area contributed by atoms with Crippen LogP contribution in [0.3, 0.4) is 0 Å². The second kappa shape index (κ2) is 6.83. The highest BCUT2D eigenvalue weighted by Crippen LogP contribution is 2.29. The lowest BCUT2D eigenvalue weighted by Gasteiger charge is -2.19. The van der Waals surface area contributed by atoms with Gasteiger partial charge in [-0.15, -0.1) is 0 Å². The molecular weight excluding hydrogens is 329 g/mol. The van der Waals surface area contributed by atoms with E-state index in [9.17, 15) is 18.0 Å². The molecule has 2 aromatic rings. The van der Waals surface area contributed by atoms with Crippen LogP contribution in [0.15, 0.2) is 55.3 Å².